The first-order valence-corrected chi connectivity index (χ1v) is 3.39. The minimum absolute atomic E-state index is 0.131. The van der Waals surface area contributed by atoms with Crippen LogP contribution >= 0.6 is 0 Å². The van der Waals surface area contributed by atoms with E-state index in [1.54, 1.807) is 31.4 Å². The van der Waals surface area contributed by atoms with Crippen molar-refractivity contribution in [3.8, 4) is 0 Å². The number of hydrogen-bond donors (Lipinski definition) is 0. The van der Waals surface area contributed by atoms with E-state index in [1.165, 1.54) is 11.1 Å². The number of nitrogens with zero attached hydrogens (tertiary/aromatic N) is 2. The predicted molar refractivity (Wildman–Crippen MR) is 45.5 cm³/mol. The average Bonchev–Trinajstić information content (AvgIpc) is 1.98. The highest BCUT2D eigenvalue weighted by molar-refractivity contribution is 5.87. The van der Waals surface area contributed by atoms with Gasteiger partial charge in [-0.3, -0.25) is 4.79 Å². The molecule has 0 saturated carbocycles. The molecule has 3 heteroatoms. The van der Waals surface area contributed by atoms with Gasteiger partial charge in [-0.25, -0.2) is 10.0 Å². The Kier molecular flexibility index (Phi) is 4.22. The fourth-order valence-electron chi connectivity index (χ4n) is 0.639. The molecule has 0 fully saturated rings. The molecule has 0 heterocycles. The van der Waals surface area contributed by atoms with Gasteiger partial charge in [-0.1, -0.05) is 12.7 Å². The molecular formula is C8H14N2O. The standard InChI is InChI=1S/C8H14N2O/c1-5-7-10(9(3)4)8(11)6-2/h5-7H,2H2,1,3-4H3. The molecule has 3 nitrogen and oxygen atoms in total. The van der Waals surface area contributed by atoms with Crippen LogP contribution in [0.15, 0.2) is 24.9 Å². The Balaban J connectivity index is 4.33. The topological polar surface area (TPSA) is 23.6 Å². The van der Waals surface area contributed by atoms with Crippen LogP contribution in [0.2, 0.25) is 0 Å². The van der Waals surface area contributed by atoms with E-state index in [1.807, 2.05) is 6.92 Å². The van der Waals surface area contributed by atoms with Crippen molar-refractivity contribution in [3.05, 3.63) is 24.9 Å². The molecule has 0 aliphatic carbocycles. The van der Waals surface area contributed by atoms with Crippen LogP contribution in [-0.2, 0) is 4.79 Å². The maximum atomic E-state index is 11.1. The summed E-state index contributed by atoms with van der Waals surface area (Å²) in [7, 11) is 3.59. The van der Waals surface area contributed by atoms with Crippen LogP contribution in [0.5, 0.6) is 0 Å². The number of carbonyl (C=O) groups is 1. The first-order valence-electron chi connectivity index (χ1n) is 3.39. The zero-order chi connectivity index (χ0) is 8.85. The van der Waals surface area contributed by atoms with Gasteiger partial charge in [-0.05, 0) is 13.0 Å². The second-order valence-corrected chi connectivity index (χ2v) is 2.22. The van der Waals surface area contributed by atoms with Crippen molar-refractivity contribution >= 4 is 5.91 Å². The molecule has 62 valence electrons. The van der Waals surface area contributed by atoms with E-state index in [4.69, 9.17) is 0 Å². The summed E-state index contributed by atoms with van der Waals surface area (Å²) in [6.45, 7) is 5.25. The fraction of sp³-hybridized carbons (Fsp3) is 0.375. The zero-order valence-corrected chi connectivity index (χ0v) is 7.24. The van der Waals surface area contributed by atoms with E-state index in [-0.39, 0.29) is 5.91 Å². The number of hydrogen-bond acceptors (Lipinski definition) is 2. The van der Waals surface area contributed by atoms with Crippen LogP contribution in [-0.4, -0.2) is 30.0 Å². The van der Waals surface area contributed by atoms with Crippen molar-refractivity contribution in [2.75, 3.05) is 14.1 Å². The van der Waals surface area contributed by atoms with Gasteiger partial charge < -0.3 is 0 Å². The van der Waals surface area contributed by atoms with Crippen LogP contribution in [0.1, 0.15) is 6.92 Å². The Morgan fingerprint density at radius 1 is 1.45 bits per heavy atom. The Bertz CT molecular complexity index is 173. The fourth-order valence-corrected chi connectivity index (χ4v) is 0.639. The summed E-state index contributed by atoms with van der Waals surface area (Å²) in [5, 5.41) is 3.15. The molecule has 0 aromatic carbocycles. The second kappa shape index (κ2) is 4.68. The average molecular weight is 154 g/mol. The van der Waals surface area contributed by atoms with Gasteiger partial charge in [0.05, 0.1) is 0 Å². The molecule has 1 amide bonds. The Morgan fingerprint density at radius 3 is 2.27 bits per heavy atom. The van der Waals surface area contributed by atoms with Gasteiger partial charge in [0.25, 0.3) is 5.91 Å². The van der Waals surface area contributed by atoms with Crippen LogP contribution in [0, 0.1) is 0 Å². The molecule has 0 atom stereocenters. The molecule has 0 radical (unpaired) electrons. The Labute approximate surface area is 67.6 Å². The molecule has 0 aliphatic heterocycles. The van der Waals surface area contributed by atoms with E-state index < -0.39 is 0 Å². The largest absolute Gasteiger partial charge is 0.268 e. The second-order valence-electron chi connectivity index (χ2n) is 2.22. The SMILES string of the molecule is C=CC(=O)N(C=CC)N(C)C. The van der Waals surface area contributed by atoms with Crippen molar-refractivity contribution in [1.29, 1.82) is 0 Å². The molecule has 0 unspecified atom stereocenters. The number of rotatable bonds is 3. The highest BCUT2D eigenvalue weighted by Crippen LogP contribution is 1.94. The Hall–Kier alpha value is -1.09. The summed E-state index contributed by atoms with van der Waals surface area (Å²) >= 11 is 0. The highest BCUT2D eigenvalue weighted by atomic mass is 16.2. The molecule has 0 N–H and O–H groups in total. The molecule has 0 aromatic heterocycles. The van der Waals surface area contributed by atoms with E-state index in [0.29, 0.717) is 0 Å². The molecule has 0 bridgehead atoms. The molecule has 0 spiro atoms. The number of carbonyl (C=O) groups excluding carboxylic acids is 1. The summed E-state index contributed by atoms with van der Waals surface area (Å²) in [5.74, 6) is -0.131. The van der Waals surface area contributed by atoms with Crippen molar-refractivity contribution in [3.63, 3.8) is 0 Å². The lowest BCUT2D eigenvalue weighted by Gasteiger charge is -2.23. The van der Waals surface area contributed by atoms with Crippen molar-refractivity contribution < 1.29 is 4.79 Å². The van der Waals surface area contributed by atoms with Gasteiger partial charge in [0.2, 0.25) is 0 Å². The van der Waals surface area contributed by atoms with Gasteiger partial charge in [-0.15, -0.1) is 0 Å². The lowest BCUT2D eigenvalue weighted by atomic mass is 10.5. The first-order chi connectivity index (χ1) is 5.13. The van der Waals surface area contributed by atoms with Crippen LogP contribution in [0.4, 0.5) is 0 Å². The summed E-state index contributed by atoms with van der Waals surface area (Å²) in [6.07, 6.45) is 4.76. The molecule has 11 heavy (non-hydrogen) atoms. The van der Waals surface area contributed by atoms with E-state index in [2.05, 4.69) is 6.58 Å². The lowest BCUT2D eigenvalue weighted by molar-refractivity contribution is -0.133. The third kappa shape index (κ3) is 3.00. The molecule has 0 aliphatic rings. The van der Waals surface area contributed by atoms with Crippen LogP contribution in [0.25, 0.3) is 0 Å². The maximum Gasteiger partial charge on any atom is 0.264 e. The minimum Gasteiger partial charge on any atom is -0.268 e. The maximum absolute atomic E-state index is 11.1. The van der Waals surface area contributed by atoms with Crippen molar-refractivity contribution in [1.82, 2.24) is 10.0 Å². The van der Waals surface area contributed by atoms with E-state index >= 15 is 0 Å². The quantitative estimate of drug-likeness (QED) is 0.447. The summed E-state index contributed by atoms with van der Waals surface area (Å²) in [4.78, 5) is 11.1. The number of allylic oxidation sites excluding steroid dienone is 1. The third-order valence-electron chi connectivity index (χ3n) is 1.12. The monoisotopic (exact) mass is 154 g/mol. The molecular weight excluding hydrogens is 140 g/mol. The zero-order valence-electron chi connectivity index (χ0n) is 7.24. The summed E-state index contributed by atoms with van der Waals surface area (Å²) < 4.78 is 0. The summed E-state index contributed by atoms with van der Waals surface area (Å²) in [5.41, 5.74) is 0. The number of amides is 1. The summed E-state index contributed by atoms with van der Waals surface area (Å²) in [6, 6.07) is 0. The third-order valence-corrected chi connectivity index (χ3v) is 1.12. The van der Waals surface area contributed by atoms with Gasteiger partial charge in [-0.2, -0.15) is 0 Å². The molecule has 0 aromatic rings. The Morgan fingerprint density at radius 2 is 2.00 bits per heavy atom. The van der Waals surface area contributed by atoms with E-state index in [0.717, 1.165) is 0 Å². The van der Waals surface area contributed by atoms with Crippen molar-refractivity contribution in [2.45, 2.75) is 6.92 Å². The first kappa shape index (κ1) is 9.91. The van der Waals surface area contributed by atoms with Gasteiger partial charge >= 0.3 is 0 Å². The van der Waals surface area contributed by atoms with Crippen LogP contribution < -0.4 is 0 Å². The van der Waals surface area contributed by atoms with Gasteiger partial charge in [0.15, 0.2) is 0 Å². The van der Waals surface area contributed by atoms with Gasteiger partial charge in [0, 0.05) is 20.3 Å². The van der Waals surface area contributed by atoms with Crippen molar-refractivity contribution in [2.24, 2.45) is 0 Å². The normalized spacial score (nSPS) is 10.5. The minimum atomic E-state index is -0.131. The smallest absolute Gasteiger partial charge is 0.264 e. The lowest BCUT2D eigenvalue weighted by Crippen LogP contribution is -2.36. The molecule has 0 saturated heterocycles. The van der Waals surface area contributed by atoms with Gasteiger partial charge in [0.1, 0.15) is 0 Å². The van der Waals surface area contributed by atoms with E-state index in [9.17, 15) is 4.79 Å². The predicted octanol–water partition coefficient (Wildman–Crippen LogP) is 1.01. The number of hydrazine groups is 1. The molecule has 0 rings (SSSR count). The highest BCUT2D eigenvalue weighted by Gasteiger charge is 2.06. The van der Waals surface area contributed by atoms with Crippen LogP contribution in [0.3, 0.4) is 0 Å².